The van der Waals surface area contributed by atoms with Crippen molar-refractivity contribution >= 4 is 0 Å². The number of hydrogen-bond donors (Lipinski definition) is 0. The van der Waals surface area contributed by atoms with Gasteiger partial charge >= 0.3 is 0 Å². The molecule has 0 aliphatic carbocycles. The minimum atomic E-state index is 0.612. The van der Waals surface area contributed by atoms with Crippen molar-refractivity contribution in [1.29, 1.82) is 0 Å². The standard InChI is InChI=1S/C17H24O2/c1-4-7-8-9-10-13-19-16-12-11-15(5-2)14-17(16)18-6-3/h2,11-12,14H,4,6-10,13H2,1,3H3. The Balaban J connectivity index is 2.46. The number of ether oxygens (including phenoxy) is 2. The van der Waals surface area contributed by atoms with Crippen LogP contribution in [0.25, 0.3) is 0 Å². The Hall–Kier alpha value is -1.62. The Bertz CT molecular complexity index is 404. The van der Waals surface area contributed by atoms with E-state index in [1.165, 1.54) is 25.7 Å². The number of unbranched alkanes of at least 4 members (excludes halogenated alkanes) is 4. The van der Waals surface area contributed by atoms with E-state index in [2.05, 4.69) is 12.8 Å². The van der Waals surface area contributed by atoms with Gasteiger partial charge in [0.25, 0.3) is 0 Å². The van der Waals surface area contributed by atoms with Gasteiger partial charge in [0.05, 0.1) is 13.2 Å². The number of rotatable bonds is 9. The van der Waals surface area contributed by atoms with E-state index in [0.29, 0.717) is 6.61 Å². The molecule has 0 aliphatic heterocycles. The second-order valence-corrected chi connectivity index (χ2v) is 4.50. The summed E-state index contributed by atoms with van der Waals surface area (Å²) < 4.78 is 11.3. The smallest absolute Gasteiger partial charge is 0.162 e. The Kier molecular flexibility index (Phi) is 7.58. The molecular formula is C17H24O2. The van der Waals surface area contributed by atoms with Crippen molar-refractivity contribution in [3.05, 3.63) is 23.8 Å². The monoisotopic (exact) mass is 260 g/mol. The van der Waals surface area contributed by atoms with Crippen molar-refractivity contribution in [2.75, 3.05) is 13.2 Å². The van der Waals surface area contributed by atoms with E-state index in [4.69, 9.17) is 15.9 Å². The van der Waals surface area contributed by atoms with E-state index < -0.39 is 0 Å². The van der Waals surface area contributed by atoms with Crippen LogP contribution in [0.4, 0.5) is 0 Å². The molecule has 0 atom stereocenters. The van der Waals surface area contributed by atoms with E-state index >= 15 is 0 Å². The molecule has 0 saturated carbocycles. The summed E-state index contributed by atoms with van der Waals surface area (Å²) in [5.41, 5.74) is 0.818. The lowest BCUT2D eigenvalue weighted by Gasteiger charge is -2.12. The predicted octanol–water partition coefficient (Wildman–Crippen LogP) is 4.42. The molecule has 2 nitrogen and oxygen atoms in total. The van der Waals surface area contributed by atoms with Gasteiger partial charge in [0.2, 0.25) is 0 Å². The summed E-state index contributed by atoms with van der Waals surface area (Å²) in [6.45, 7) is 5.52. The second kappa shape index (κ2) is 9.33. The van der Waals surface area contributed by atoms with Crippen LogP contribution in [0.5, 0.6) is 11.5 Å². The molecule has 2 heteroatoms. The predicted molar refractivity (Wildman–Crippen MR) is 79.8 cm³/mol. The summed E-state index contributed by atoms with van der Waals surface area (Å²) in [6.07, 6.45) is 11.6. The Morgan fingerprint density at radius 3 is 2.47 bits per heavy atom. The van der Waals surface area contributed by atoms with Gasteiger partial charge in [-0.3, -0.25) is 0 Å². The molecule has 0 fully saturated rings. The molecular weight excluding hydrogens is 236 g/mol. The van der Waals surface area contributed by atoms with Crippen molar-refractivity contribution in [3.8, 4) is 23.8 Å². The molecule has 0 heterocycles. The van der Waals surface area contributed by atoms with Crippen LogP contribution in [0.1, 0.15) is 51.5 Å². The number of benzene rings is 1. The maximum Gasteiger partial charge on any atom is 0.162 e. The van der Waals surface area contributed by atoms with Crippen LogP contribution in [-0.2, 0) is 0 Å². The van der Waals surface area contributed by atoms with Crippen LogP contribution in [-0.4, -0.2) is 13.2 Å². The van der Waals surface area contributed by atoms with Gasteiger partial charge in [-0.15, -0.1) is 6.42 Å². The van der Waals surface area contributed by atoms with Crippen LogP contribution in [0, 0.1) is 12.3 Å². The van der Waals surface area contributed by atoms with Gasteiger partial charge in [-0.05, 0) is 31.5 Å². The van der Waals surface area contributed by atoms with Gasteiger partial charge in [0, 0.05) is 5.56 Å². The van der Waals surface area contributed by atoms with Crippen molar-refractivity contribution in [2.45, 2.75) is 46.0 Å². The first-order valence-electron chi connectivity index (χ1n) is 7.18. The lowest BCUT2D eigenvalue weighted by molar-refractivity contribution is 0.270. The van der Waals surface area contributed by atoms with E-state index in [1.54, 1.807) is 0 Å². The van der Waals surface area contributed by atoms with Gasteiger partial charge in [-0.1, -0.05) is 38.5 Å². The fourth-order valence-electron chi connectivity index (χ4n) is 1.87. The summed E-state index contributed by atoms with van der Waals surface area (Å²) in [6, 6.07) is 5.64. The summed E-state index contributed by atoms with van der Waals surface area (Å²) in [5.74, 6) is 4.14. The Morgan fingerprint density at radius 2 is 1.79 bits per heavy atom. The summed E-state index contributed by atoms with van der Waals surface area (Å²) in [5, 5.41) is 0. The van der Waals surface area contributed by atoms with Gasteiger partial charge < -0.3 is 9.47 Å². The minimum Gasteiger partial charge on any atom is -0.490 e. The second-order valence-electron chi connectivity index (χ2n) is 4.50. The van der Waals surface area contributed by atoms with Gasteiger partial charge in [-0.2, -0.15) is 0 Å². The third-order valence-electron chi connectivity index (χ3n) is 2.92. The number of terminal acetylenes is 1. The average Bonchev–Trinajstić information content (AvgIpc) is 2.44. The van der Waals surface area contributed by atoms with Crippen LogP contribution in [0.2, 0.25) is 0 Å². The summed E-state index contributed by atoms with van der Waals surface area (Å²) >= 11 is 0. The highest BCUT2D eigenvalue weighted by Gasteiger charge is 2.05. The normalized spacial score (nSPS) is 9.95. The average molecular weight is 260 g/mol. The first-order chi connectivity index (χ1) is 9.31. The van der Waals surface area contributed by atoms with E-state index in [-0.39, 0.29) is 0 Å². The minimum absolute atomic E-state index is 0.612. The molecule has 19 heavy (non-hydrogen) atoms. The zero-order valence-corrected chi connectivity index (χ0v) is 12.1. The topological polar surface area (TPSA) is 18.5 Å². The van der Waals surface area contributed by atoms with Crippen LogP contribution in [0.3, 0.4) is 0 Å². The SMILES string of the molecule is C#Cc1ccc(OCCCCCCC)c(OCC)c1. The largest absolute Gasteiger partial charge is 0.490 e. The van der Waals surface area contributed by atoms with Crippen LogP contribution >= 0.6 is 0 Å². The molecule has 0 unspecified atom stereocenters. The zero-order valence-electron chi connectivity index (χ0n) is 12.1. The quantitative estimate of drug-likeness (QED) is 0.483. The lowest BCUT2D eigenvalue weighted by Crippen LogP contribution is -2.01. The Labute approximate surface area is 117 Å². The zero-order chi connectivity index (χ0) is 13.9. The molecule has 0 saturated heterocycles. The van der Waals surface area contributed by atoms with Crippen molar-refractivity contribution in [3.63, 3.8) is 0 Å². The van der Waals surface area contributed by atoms with Crippen molar-refractivity contribution in [2.24, 2.45) is 0 Å². The summed E-state index contributed by atoms with van der Waals surface area (Å²) in [7, 11) is 0. The van der Waals surface area contributed by atoms with Crippen molar-refractivity contribution < 1.29 is 9.47 Å². The maximum atomic E-state index is 5.78. The highest BCUT2D eigenvalue weighted by atomic mass is 16.5. The third-order valence-corrected chi connectivity index (χ3v) is 2.92. The van der Waals surface area contributed by atoms with E-state index in [1.807, 2.05) is 25.1 Å². The maximum absolute atomic E-state index is 5.78. The lowest BCUT2D eigenvalue weighted by atomic mass is 10.2. The fourth-order valence-corrected chi connectivity index (χ4v) is 1.87. The highest BCUT2D eigenvalue weighted by Crippen LogP contribution is 2.28. The van der Waals surface area contributed by atoms with Gasteiger partial charge in [0.1, 0.15) is 0 Å². The van der Waals surface area contributed by atoms with E-state index in [0.717, 1.165) is 30.1 Å². The highest BCUT2D eigenvalue weighted by molar-refractivity contribution is 5.47. The van der Waals surface area contributed by atoms with E-state index in [9.17, 15) is 0 Å². The molecule has 1 rings (SSSR count). The first-order valence-corrected chi connectivity index (χ1v) is 7.18. The third kappa shape index (κ3) is 5.70. The van der Waals surface area contributed by atoms with Crippen molar-refractivity contribution in [1.82, 2.24) is 0 Å². The molecule has 1 aromatic carbocycles. The molecule has 0 radical (unpaired) electrons. The van der Waals surface area contributed by atoms with Gasteiger partial charge in [0.15, 0.2) is 11.5 Å². The molecule has 0 aromatic heterocycles. The van der Waals surface area contributed by atoms with Crippen LogP contribution < -0.4 is 9.47 Å². The molecule has 1 aromatic rings. The molecule has 0 N–H and O–H groups in total. The van der Waals surface area contributed by atoms with Gasteiger partial charge in [-0.25, -0.2) is 0 Å². The molecule has 0 bridgehead atoms. The molecule has 104 valence electrons. The molecule has 0 aliphatic rings. The first kappa shape index (κ1) is 15.4. The van der Waals surface area contributed by atoms with Crippen LogP contribution in [0.15, 0.2) is 18.2 Å². The molecule has 0 amide bonds. The molecule has 0 spiro atoms. The fraction of sp³-hybridized carbons (Fsp3) is 0.529. The Morgan fingerprint density at radius 1 is 1.00 bits per heavy atom. The number of hydrogen-bond acceptors (Lipinski definition) is 2. The summed E-state index contributed by atoms with van der Waals surface area (Å²) in [4.78, 5) is 0.